The third-order valence-electron chi connectivity index (χ3n) is 4.44. The molecule has 128 valence electrons. The van der Waals surface area contributed by atoms with Crippen LogP contribution in [0, 0.1) is 0 Å². The Bertz CT molecular complexity index is 870. The zero-order valence-electron chi connectivity index (χ0n) is 13.6. The minimum absolute atomic E-state index is 0.00740. The second kappa shape index (κ2) is 6.68. The summed E-state index contributed by atoms with van der Waals surface area (Å²) in [7, 11) is 0. The minimum Gasteiger partial charge on any atom is -0.342 e. The average Bonchev–Trinajstić information content (AvgIpc) is 3.38. The first-order valence-corrected chi connectivity index (χ1v) is 9.16. The first-order chi connectivity index (χ1) is 12.2. The average molecular weight is 354 g/mol. The van der Waals surface area contributed by atoms with Crippen LogP contribution in [0.2, 0.25) is 0 Å². The van der Waals surface area contributed by atoms with Gasteiger partial charge in [0, 0.05) is 6.54 Å². The van der Waals surface area contributed by atoms with Crippen molar-refractivity contribution < 1.29 is 9.59 Å². The highest BCUT2D eigenvalue weighted by molar-refractivity contribution is 7.12. The van der Waals surface area contributed by atoms with Crippen LogP contribution in [0.4, 0.5) is 0 Å². The van der Waals surface area contributed by atoms with Gasteiger partial charge in [-0.3, -0.25) is 9.59 Å². The molecule has 2 amide bonds. The van der Waals surface area contributed by atoms with Crippen molar-refractivity contribution in [3.8, 4) is 0 Å². The van der Waals surface area contributed by atoms with Crippen LogP contribution in [0.15, 0.2) is 41.8 Å². The van der Waals surface area contributed by atoms with Gasteiger partial charge in [-0.15, -0.1) is 11.3 Å². The number of H-pyrrole nitrogens is 1. The lowest BCUT2D eigenvalue weighted by atomic mass is 10.2. The molecule has 0 spiro atoms. The normalized spacial score (nSPS) is 17.1. The van der Waals surface area contributed by atoms with E-state index in [9.17, 15) is 9.59 Å². The number of rotatable bonds is 4. The van der Waals surface area contributed by atoms with Crippen molar-refractivity contribution >= 4 is 34.2 Å². The quantitative estimate of drug-likeness (QED) is 0.756. The number of hydrogen-bond acceptors (Lipinski definition) is 4. The number of carbonyl (C=O) groups excluding carboxylic acids is 2. The van der Waals surface area contributed by atoms with Crippen LogP contribution in [-0.2, 0) is 4.79 Å². The monoisotopic (exact) mass is 354 g/mol. The van der Waals surface area contributed by atoms with E-state index in [0.717, 1.165) is 29.7 Å². The largest absolute Gasteiger partial charge is 0.342 e. The van der Waals surface area contributed by atoms with Crippen LogP contribution < -0.4 is 5.32 Å². The summed E-state index contributed by atoms with van der Waals surface area (Å²) in [5.41, 5.74) is 1.88. The van der Waals surface area contributed by atoms with Crippen molar-refractivity contribution in [1.29, 1.82) is 0 Å². The lowest BCUT2D eigenvalue weighted by Gasteiger charge is -2.23. The standard InChI is InChI=1S/C18H18N4O2S/c23-16(11-19-18(24)15-8-4-10-25-15)22-9-3-7-14(22)17-20-12-5-1-2-6-13(12)21-17/h1-2,4-6,8,10,14H,3,7,9,11H2,(H,19,24)(H,20,21). The van der Waals surface area contributed by atoms with E-state index in [1.165, 1.54) is 11.3 Å². The van der Waals surface area contributed by atoms with Gasteiger partial charge in [-0.25, -0.2) is 4.98 Å². The SMILES string of the molecule is O=C(NCC(=O)N1CCCC1c1nc2ccccc2[nH]1)c1cccs1. The number of nitrogens with zero attached hydrogens (tertiary/aromatic N) is 2. The minimum atomic E-state index is -0.206. The summed E-state index contributed by atoms with van der Waals surface area (Å²) >= 11 is 1.36. The molecule has 2 N–H and O–H groups in total. The lowest BCUT2D eigenvalue weighted by Crippen LogP contribution is -2.39. The molecule has 1 fully saturated rings. The van der Waals surface area contributed by atoms with Crippen molar-refractivity contribution in [2.24, 2.45) is 0 Å². The molecule has 1 saturated heterocycles. The van der Waals surface area contributed by atoms with Crippen molar-refractivity contribution in [1.82, 2.24) is 20.2 Å². The number of aromatic nitrogens is 2. The molecule has 0 aliphatic carbocycles. The first kappa shape index (κ1) is 15.8. The molecular formula is C18H18N4O2S. The second-order valence-electron chi connectivity index (χ2n) is 6.04. The number of hydrogen-bond donors (Lipinski definition) is 2. The van der Waals surface area contributed by atoms with E-state index in [4.69, 9.17) is 0 Å². The molecule has 0 saturated carbocycles. The van der Waals surface area contributed by atoms with E-state index in [1.807, 2.05) is 40.6 Å². The van der Waals surface area contributed by atoms with Gasteiger partial charge in [-0.2, -0.15) is 0 Å². The van der Waals surface area contributed by atoms with Crippen molar-refractivity contribution in [3.63, 3.8) is 0 Å². The van der Waals surface area contributed by atoms with Gasteiger partial charge in [0.05, 0.1) is 28.5 Å². The van der Waals surface area contributed by atoms with E-state index in [2.05, 4.69) is 15.3 Å². The molecule has 2 aromatic heterocycles. The van der Waals surface area contributed by atoms with E-state index in [0.29, 0.717) is 11.4 Å². The summed E-state index contributed by atoms with van der Waals surface area (Å²) in [5.74, 6) is 0.535. The Hall–Kier alpha value is -2.67. The Kier molecular flexibility index (Phi) is 4.23. The molecule has 3 aromatic rings. The van der Waals surface area contributed by atoms with Gasteiger partial charge in [-0.05, 0) is 36.4 Å². The molecule has 0 radical (unpaired) electrons. The molecule has 6 nitrogen and oxygen atoms in total. The Morgan fingerprint density at radius 3 is 2.96 bits per heavy atom. The maximum atomic E-state index is 12.6. The van der Waals surface area contributed by atoms with Gasteiger partial charge in [-0.1, -0.05) is 18.2 Å². The van der Waals surface area contributed by atoms with Gasteiger partial charge in [0.25, 0.3) is 5.91 Å². The predicted molar refractivity (Wildman–Crippen MR) is 96.4 cm³/mol. The molecule has 25 heavy (non-hydrogen) atoms. The Morgan fingerprint density at radius 2 is 2.16 bits per heavy atom. The van der Waals surface area contributed by atoms with Gasteiger partial charge in [0.2, 0.25) is 5.91 Å². The van der Waals surface area contributed by atoms with E-state index < -0.39 is 0 Å². The van der Waals surface area contributed by atoms with E-state index in [-0.39, 0.29) is 24.4 Å². The lowest BCUT2D eigenvalue weighted by molar-refractivity contribution is -0.131. The number of fused-ring (bicyclic) bond motifs is 1. The molecule has 1 aliphatic rings. The third kappa shape index (κ3) is 3.15. The predicted octanol–water partition coefficient (Wildman–Crippen LogP) is 2.72. The molecule has 1 unspecified atom stereocenters. The van der Waals surface area contributed by atoms with Crippen LogP contribution in [0.5, 0.6) is 0 Å². The molecule has 0 bridgehead atoms. The zero-order chi connectivity index (χ0) is 17.2. The van der Waals surface area contributed by atoms with Gasteiger partial charge in [0.15, 0.2) is 0 Å². The maximum absolute atomic E-state index is 12.6. The van der Waals surface area contributed by atoms with Crippen LogP contribution in [0.1, 0.15) is 34.4 Å². The fraction of sp³-hybridized carbons (Fsp3) is 0.278. The highest BCUT2D eigenvalue weighted by Gasteiger charge is 2.32. The fourth-order valence-corrected chi connectivity index (χ4v) is 3.87. The number of imidazole rings is 1. The maximum Gasteiger partial charge on any atom is 0.261 e. The summed E-state index contributed by atoms with van der Waals surface area (Å²) in [6.07, 6.45) is 1.82. The summed E-state index contributed by atoms with van der Waals surface area (Å²) in [4.78, 5) is 35.0. The van der Waals surface area contributed by atoms with E-state index >= 15 is 0 Å². The zero-order valence-corrected chi connectivity index (χ0v) is 14.4. The van der Waals surface area contributed by atoms with Crippen molar-refractivity contribution in [2.45, 2.75) is 18.9 Å². The second-order valence-corrected chi connectivity index (χ2v) is 6.99. The molecule has 1 aromatic carbocycles. The summed E-state index contributed by atoms with van der Waals surface area (Å²) in [6, 6.07) is 11.4. The molecule has 4 rings (SSSR count). The number of amides is 2. The number of thiophene rings is 1. The number of para-hydroxylation sites is 2. The number of aromatic amines is 1. The van der Waals surface area contributed by atoms with Crippen LogP contribution in [0.3, 0.4) is 0 Å². The molecule has 7 heteroatoms. The molecule has 3 heterocycles. The highest BCUT2D eigenvalue weighted by atomic mass is 32.1. The molecular weight excluding hydrogens is 336 g/mol. The Balaban J connectivity index is 1.45. The van der Waals surface area contributed by atoms with Crippen LogP contribution >= 0.6 is 11.3 Å². The summed E-state index contributed by atoms with van der Waals surface area (Å²) < 4.78 is 0. The Labute approximate surface area is 148 Å². The van der Waals surface area contributed by atoms with Crippen molar-refractivity contribution in [2.75, 3.05) is 13.1 Å². The number of likely N-dealkylation sites (tertiary alicyclic amines) is 1. The smallest absolute Gasteiger partial charge is 0.261 e. The van der Waals surface area contributed by atoms with Gasteiger partial charge < -0.3 is 15.2 Å². The molecule has 1 aliphatic heterocycles. The van der Waals surface area contributed by atoms with Crippen LogP contribution in [0.25, 0.3) is 11.0 Å². The van der Waals surface area contributed by atoms with Gasteiger partial charge in [0.1, 0.15) is 5.82 Å². The van der Waals surface area contributed by atoms with Crippen molar-refractivity contribution in [3.05, 3.63) is 52.5 Å². The van der Waals surface area contributed by atoms with Gasteiger partial charge >= 0.3 is 0 Å². The third-order valence-corrected chi connectivity index (χ3v) is 5.31. The molecule has 1 atom stereocenters. The number of benzene rings is 1. The fourth-order valence-electron chi connectivity index (χ4n) is 3.23. The highest BCUT2D eigenvalue weighted by Crippen LogP contribution is 2.31. The van der Waals surface area contributed by atoms with E-state index in [1.54, 1.807) is 6.07 Å². The van der Waals surface area contributed by atoms with Crippen LogP contribution in [-0.4, -0.2) is 39.8 Å². The number of nitrogens with one attached hydrogen (secondary N) is 2. The summed E-state index contributed by atoms with van der Waals surface area (Å²) in [6.45, 7) is 0.697. The first-order valence-electron chi connectivity index (χ1n) is 8.28. The number of carbonyl (C=O) groups is 2. The Morgan fingerprint density at radius 1 is 1.28 bits per heavy atom. The summed E-state index contributed by atoms with van der Waals surface area (Å²) in [5, 5.41) is 4.55. The topological polar surface area (TPSA) is 78.1 Å².